The first kappa shape index (κ1) is 22.1. The molecular formula is C22H40NO2+. The van der Waals surface area contributed by atoms with Crippen LogP contribution < -0.4 is 0 Å². The minimum absolute atomic E-state index is 0.203. The molecule has 0 aliphatic carbocycles. The van der Waals surface area contributed by atoms with Crippen LogP contribution in [0.4, 0.5) is 0 Å². The Morgan fingerprint density at radius 1 is 0.760 bits per heavy atom. The van der Waals surface area contributed by atoms with E-state index in [4.69, 9.17) is 0 Å². The average Bonchev–Trinajstić information content (AvgIpc) is 2.60. The minimum Gasteiger partial charge on any atom is -0.182 e. The van der Waals surface area contributed by atoms with E-state index in [1.807, 2.05) is 37.3 Å². The second-order valence-corrected chi connectivity index (χ2v) is 7.58. The Morgan fingerprint density at radius 2 is 1.24 bits per heavy atom. The summed E-state index contributed by atoms with van der Waals surface area (Å²) in [6.45, 7) is 4.59. The summed E-state index contributed by atoms with van der Waals surface area (Å²) in [5.41, 5.74) is 1.15. The smallest absolute Gasteiger partial charge is 0.153 e. The lowest BCUT2D eigenvalue weighted by Crippen LogP contribution is -2.50. The highest BCUT2D eigenvalue weighted by atomic mass is 16.8. The van der Waals surface area contributed by atoms with E-state index in [2.05, 4.69) is 6.92 Å². The van der Waals surface area contributed by atoms with Crippen molar-refractivity contribution < 1.29 is 15.2 Å². The van der Waals surface area contributed by atoms with E-state index in [-0.39, 0.29) is 6.04 Å². The molecule has 1 unspecified atom stereocenters. The standard InChI is InChI=1S/C22H40NO2/c1-3-4-5-6-7-8-9-10-11-12-16-19-23(24,25)21(2)20-22-17-14-13-15-18-22/h13-15,17-18,21,24-25H,3-12,16,19-20H2,1-2H3/q+1. The molecule has 1 aromatic carbocycles. The maximum Gasteiger partial charge on any atom is 0.153 e. The molecule has 144 valence electrons. The van der Waals surface area contributed by atoms with Crippen molar-refractivity contribution in [3.63, 3.8) is 0 Å². The van der Waals surface area contributed by atoms with Gasteiger partial charge in [0.25, 0.3) is 0 Å². The molecule has 0 amide bonds. The lowest BCUT2D eigenvalue weighted by atomic mass is 10.0. The Hall–Kier alpha value is -0.900. The number of nitrogens with zero attached hydrogens (tertiary/aromatic N) is 1. The summed E-state index contributed by atoms with van der Waals surface area (Å²) in [6, 6.07) is 9.85. The summed E-state index contributed by atoms with van der Waals surface area (Å²) >= 11 is 0. The van der Waals surface area contributed by atoms with Gasteiger partial charge in [-0.15, -0.1) is 0 Å². The van der Waals surface area contributed by atoms with Gasteiger partial charge >= 0.3 is 0 Å². The van der Waals surface area contributed by atoms with E-state index in [1.165, 1.54) is 57.8 Å². The maximum atomic E-state index is 10.3. The van der Waals surface area contributed by atoms with Gasteiger partial charge in [0, 0.05) is 12.8 Å². The molecule has 1 aromatic rings. The van der Waals surface area contributed by atoms with Crippen molar-refractivity contribution in [2.24, 2.45) is 0 Å². The fourth-order valence-corrected chi connectivity index (χ4v) is 3.33. The van der Waals surface area contributed by atoms with Gasteiger partial charge in [0.05, 0.1) is 0 Å². The Morgan fingerprint density at radius 3 is 1.76 bits per heavy atom. The number of quaternary nitrogens is 1. The molecular weight excluding hydrogens is 310 g/mol. The van der Waals surface area contributed by atoms with E-state index >= 15 is 0 Å². The third-order valence-corrected chi connectivity index (χ3v) is 5.17. The zero-order valence-electron chi connectivity index (χ0n) is 16.5. The molecule has 1 atom stereocenters. The summed E-state index contributed by atoms with van der Waals surface area (Å²) in [4.78, 5) is -0.855. The van der Waals surface area contributed by atoms with E-state index in [0.29, 0.717) is 13.0 Å². The van der Waals surface area contributed by atoms with Crippen LogP contribution in [0.2, 0.25) is 0 Å². The van der Waals surface area contributed by atoms with Crippen LogP contribution in [0.3, 0.4) is 0 Å². The van der Waals surface area contributed by atoms with Crippen molar-refractivity contribution in [2.75, 3.05) is 6.54 Å². The molecule has 0 fully saturated rings. The van der Waals surface area contributed by atoms with Crippen molar-refractivity contribution in [1.29, 1.82) is 0 Å². The first-order valence-electron chi connectivity index (χ1n) is 10.4. The Bertz CT molecular complexity index is 419. The highest BCUT2D eigenvalue weighted by Gasteiger charge is 2.30. The number of hydroxylamine groups is 4. The second kappa shape index (κ2) is 13.3. The van der Waals surface area contributed by atoms with Crippen LogP contribution in [-0.4, -0.2) is 27.8 Å². The predicted molar refractivity (Wildman–Crippen MR) is 105 cm³/mol. The number of hydrogen-bond donors (Lipinski definition) is 2. The highest BCUT2D eigenvalue weighted by Crippen LogP contribution is 2.16. The van der Waals surface area contributed by atoms with Gasteiger partial charge in [0.15, 0.2) is 6.04 Å². The third kappa shape index (κ3) is 10.6. The van der Waals surface area contributed by atoms with Gasteiger partial charge in [-0.25, -0.2) is 0 Å². The van der Waals surface area contributed by atoms with Gasteiger partial charge < -0.3 is 0 Å². The Labute approximate surface area is 155 Å². The van der Waals surface area contributed by atoms with Crippen molar-refractivity contribution in [1.82, 2.24) is 0 Å². The van der Waals surface area contributed by atoms with Crippen molar-refractivity contribution in [3.05, 3.63) is 35.9 Å². The molecule has 0 bridgehead atoms. The van der Waals surface area contributed by atoms with E-state index < -0.39 is 4.81 Å². The molecule has 0 spiro atoms. The molecule has 0 heterocycles. The van der Waals surface area contributed by atoms with Crippen LogP contribution >= 0.6 is 0 Å². The second-order valence-electron chi connectivity index (χ2n) is 7.58. The van der Waals surface area contributed by atoms with Gasteiger partial charge in [-0.2, -0.15) is 10.4 Å². The first-order valence-corrected chi connectivity index (χ1v) is 10.4. The van der Waals surface area contributed by atoms with Crippen molar-refractivity contribution in [3.8, 4) is 0 Å². The maximum absolute atomic E-state index is 10.3. The number of unbranched alkanes of at least 4 members (excludes halogenated alkanes) is 10. The molecule has 0 aromatic heterocycles. The topological polar surface area (TPSA) is 40.5 Å². The minimum atomic E-state index is -0.855. The van der Waals surface area contributed by atoms with Crippen LogP contribution in [0.5, 0.6) is 0 Å². The summed E-state index contributed by atoms with van der Waals surface area (Å²) in [5, 5.41) is 20.6. The van der Waals surface area contributed by atoms with Gasteiger partial charge in [-0.05, 0) is 23.7 Å². The molecule has 2 N–H and O–H groups in total. The largest absolute Gasteiger partial charge is 0.182 e. The van der Waals surface area contributed by atoms with Crippen LogP contribution in [0.1, 0.15) is 90.0 Å². The van der Waals surface area contributed by atoms with Crippen LogP contribution in [0.25, 0.3) is 0 Å². The monoisotopic (exact) mass is 350 g/mol. The van der Waals surface area contributed by atoms with Gasteiger partial charge in [-0.1, -0.05) is 95.0 Å². The normalized spacial score (nSPS) is 13.1. The zero-order chi connectivity index (χ0) is 18.4. The fraction of sp³-hybridized carbons (Fsp3) is 0.727. The number of rotatable bonds is 15. The molecule has 3 heteroatoms. The number of hydrogen-bond acceptors (Lipinski definition) is 2. The summed E-state index contributed by atoms with van der Waals surface area (Å²) in [5.74, 6) is 0. The molecule has 0 aliphatic rings. The molecule has 0 aliphatic heterocycles. The zero-order valence-corrected chi connectivity index (χ0v) is 16.5. The SMILES string of the molecule is CCCCCCCCCCCCC[N+](O)(O)C(C)Cc1ccccc1. The fourth-order valence-electron chi connectivity index (χ4n) is 3.33. The lowest BCUT2D eigenvalue weighted by molar-refractivity contribution is -1.26. The van der Waals surface area contributed by atoms with Crippen LogP contribution in [-0.2, 0) is 6.42 Å². The molecule has 0 saturated heterocycles. The van der Waals surface area contributed by atoms with Crippen LogP contribution in [0.15, 0.2) is 30.3 Å². The lowest BCUT2D eigenvalue weighted by Gasteiger charge is -2.28. The van der Waals surface area contributed by atoms with Gasteiger partial charge in [0.1, 0.15) is 6.54 Å². The highest BCUT2D eigenvalue weighted by molar-refractivity contribution is 5.15. The van der Waals surface area contributed by atoms with E-state index in [1.54, 1.807) is 0 Å². The van der Waals surface area contributed by atoms with E-state index in [0.717, 1.165) is 18.4 Å². The Kier molecular flexibility index (Phi) is 11.8. The summed E-state index contributed by atoms with van der Waals surface area (Å²) in [7, 11) is 0. The van der Waals surface area contributed by atoms with Gasteiger partial charge in [0.2, 0.25) is 0 Å². The predicted octanol–water partition coefficient (Wildman–Crippen LogP) is 6.52. The van der Waals surface area contributed by atoms with Gasteiger partial charge in [-0.3, -0.25) is 0 Å². The number of benzene rings is 1. The summed E-state index contributed by atoms with van der Waals surface area (Å²) in [6.07, 6.45) is 14.7. The van der Waals surface area contributed by atoms with Crippen molar-refractivity contribution in [2.45, 2.75) is 96.9 Å². The average molecular weight is 351 g/mol. The molecule has 3 nitrogen and oxygen atoms in total. The third-order valence-electron chi connectivity index (χ3n) is 5.17. The molecule has 0 radical (unpaired) electrons. The van der Waals surface area contributed by atoms with Crippen molar-refractivity contribution >= 4 is 0 Å². The molecule has 25 heavy (non-hydrogen) atoms. The van der Waals surface area contributed by atoms with Crippen LogP contribution in [0, 0.1) is 0 Å². The molecule has 1 rings (SSSR count). The van der Waals surface area contributed by atoms with E-state index in [9.17, 15) is 10.4 Å². The molecule has 0 saturated carbocycles. The first-order chi connectivity index (χ1) is 12.1. The summed E-state index contributed by atoms with van der Waals surface area (Å²) < 4.78 is 0. The quantitative estimate of drug-likeness (QED) is 0.215. The Balaban J connectivity index is 2.04.